The van der Waals surface area contributed by atoms with Crippen LogP contribution in [0.1, 0.15) is 5.56 Å². The van der Waals surface area contributed by atoms with E-state index >= 15 is 0 Å². The Morgan fingerprint density at radius 1 is 1.46 bits per heavy atom. The van der Waals surface area contributed by atoms with E-state index in [2.05, 4.69) is 16.1 Å². The first-order valence-electron chi connectivity index (χ1n) is 3.18. The molecule has 0 amide bonds. The van der Waals surface area contributed by atoms with Gasteiger partial charge < -0.3 is 0 Å². The van der Waals surface area contributed by atoms with Gasteiger partial charge in [0.15, 0.2) is 0 Å². The molecule has 1 aromatic rings. The Labute approximate surface area is 71.4 Å². The number of nitrogens with zero attached hydrogens (tertiary/aromatic N) is 3. The molecule has 0 aliphatic carbocycles. The minimum absolute atomic E-state index is 0.530. The van der Waals surface area contributed by atoms with Crippen molar-refractivity contribution in [2.24, 2.45) is 5.11 Å². The van der Waals surface area contributed by atoms with Crippen LogP contribution in [0, 0.1) is 6.07 Å². The zero-order valence-corrected chi connectivity index (χ0v) is 6.21. The van der Waals surface area contributed by atoms with Gasteiger partial charge in [-0.2, -0.15) is 13.2 Å². The second-order valence-corrected chi connectivity index (χ2v) is 2.12. The molecule has 0 bridgehead atoms. The SMILES string of the molecule is [N-]=[N+]=Nc1[c]cccc1C(F)(F)F. The van der Waals surface area contributed by atoms with E-state index in [0.717, 1.165) is 6.07 Å². The fourth-order valence-electron chi connectivity index (χ4n) is 0.784. The Morgan fingerprint density at radius 2 is 2.15 bits per heavy atom. The van der Waals surface area contributed by atoms with Gasteiger partial charge >= 0.3 is 6.18 Å². The Hall–Kier alpha value is -1.68. The Bertz CT molecular complexity index is 352. The van der Waals surface area contributed by atoms with E-state index in [1.165, 1.54) is 12.1 Å². The third-order valence-electron chi connectivity index (χ3n) is 1.28. The second-order valence-electron chi connectivity index (χ2n) is 2.12. The molecular weight excluding hydrogens is 183 g/mol. The van der Waals surface area contributed by atoms with Gasteiger partial charge in [-0.15, -0.1) is 0 Å². The van der Waals surface area contributed by atoms with Gasteiger partial charge in [-0.25, -0.2) is 0 Å². The predicted molar refractivity (Wildman–Crippen MR) is 39.1 cm³/mol. The first-order valence-corrected chi connectivity index (χ1v) is 3.18. The first kappa shape index (κ1) is 9.41. The summed E-state index contributed by atoms with van der Waals surface area (Å²) in [5, 5.41) is 2.88. The summed E-state index contributed by atoms with van der Waals surface area (Å²) in [5.74, 6) is 0. The monoisotopic (exact) mass is 186 g/mol. The van der Waals surface area contributed by atoms with Crippen molar-refractivity contribution in [3.63, 3.8) is 0 Å². The maximum absolute atomic E-state index is 12.2. The molecule has 0 saturated carbocycles. The molecule has 0 aliphatic rings. The van der Waals surface area contributed by atoms with Gasteiger partial charge in [-0.05, 0) is 17.7 Å². The molecule has 13 heavy (non-hydrogen) atoms. The molecule has 0 aliphatic heterocycles. The summed E-state index contributed by atoms with van der Waals surface area (Å²) >= 11 is 0. The summed E-state index contributed by atoms with van der Waals surface area (Å²) in [4.78, 5) is 2.27. The predicted octanol–water partition coefficient (Wildman–Crippen LogP) is 3.45. The number of halogens is 3. The van der Waals surface area contributed by atoms with Crippen molar-refractivity contribution < 1.29 is 13.2 Å². The Kier molecular flexibility index (Phi) is 2.44. The normalized spacial score (nSPS) is 10.7. The van der Waals surface area contributed by atoms with Crippen LogP contribution < -0.4 is 0 Å². The van der Waals surface area contributed by atoms with E-state index in [9.17, 15) is 13.2 Å². The van der Waals surface area contributed by atoms with Crippen molar-refractivity contribution in [1.82, 2.24) is 0 Å². The maximum atomic E-state index is 12.2. The lowest BCUT2D eigenvalue weighted by Crippen LogP contribution is -2.04. The lowest BCUT2D eigenvalue weighted by atomic mass is 10.2. The van der Waals surface area contributed by atoms with Gasteiger partial charge in [-0.1, -0.05) is 17.2 Å². The highest BCUT2D eigenvalue weighted by atomic mass is 19.4. The molecule has 1 rings (SSSR count). The van der Waals surface area contributed by atoms with E-state index in [1.807, 2.05) is 0 Å². The van der Waals surface area contributed by atoms with Crippen LogP contribution in [-0.4, -0.2) is 0 Å². The van der Waals surface area contributed by atoms with Gasteiger partial charge in [0.1, 0.15) is 0 Å². The van der Waals surface area contributed by atoms with Gasteiger partial charge in [0, 0.05) is 4.91 Å². The van der Waals surface area contributed by atoms with Gasteiger partial charge in [0.05, 0.1) is 11.3 Å². The Balaban J connectivity index is 3.27. The topological polar surface area (TPSA) is 48.8 Å². The van der Waals surface area contributed by atoms with Crippen LogP contribution in [-0.2, 0) is 6.18 Å². The summed E-state index contributed by atoms with van der Waals surface area (Å²) in [6, 6.07) is 5.47. The summed E-state index contributed by atoms with van der Waals surface area (Å²) in [5.41, 5.74) is 6.47. The highest BCUT2D eigenvalue weighted by Crippen LogP contribution is 2.35. The van der Waals surface area contributed by atoms with Crippen LogP contribution >= 0.6 is 0 Å². The highest BCUT2D eigenvalue weighted by molar-refractivity contribution is 5.46. The molecule has 3 nitrogen and oxygen atoms in total. The molecule has 6 heteroatoms. The summed E-state index contributed by atoms with van der Waals surface area (Å²) in [6.45, 7) is 0. The number of alkyl halides is 3. The fourth-order valence-corrected chi connectivity index (χ4v) is 0.784. The van der Waals surface area contributed by atoms with Crippen molar-refractivity contribution in [1.29, 1.82) is 0 Å². The van der Waals surface area contributed by atoms with Crippen LogP contribution in [0.15, 0.2) is 23.3 Å². The van der Waals surface area contributed by atoms with Crippen LogP contribution in [0.2, 0.25) is 0 Å². The molecule has 1 aromatic carbocycles. The molecule has 0 aromatic heterocycles. The van der Waals surface area contributed by atoms with Crippen LogP contribution in [0.4, 0.5) is 18.9 Å². The van der Waals surface area contributed by atoms with Gasteiger partial charge in [-0.3, -0.25) is 0 Å². The first-order chi connectivity index (χ1) is 6.05. The highest BCUT2D eigenvalue weighted by Gasteiger charge is 2.32. The van der Waals surface area contributed by atoms with Crippen LogP contribution in [0.3, 0.4) is 0 Å². The minimum atomic E-state index is -4.51. The number of benzene rings is 1. The number of azide groups is 1. The third kappa shape index (κ3) is 2.13. The molecule has 0 N–H and O–H groups in total. The van der Waals surface area contributed by atoms with Crippen molar-refractivity contribution in [2.45, 2.75) is 6.18 Å². The number of hydrogen-bond donors (Lipinski definition) is 0. The van der Waals surface area contributed by atoms with Crippen LogP contribution in [0.25, 0.3) is 10.4 Å². The smallest absolute Gasteiger partial charge is 0.166 e. The van der Waals surface area contributed by atoms with Crippen molar-refractivity contribution >= 4 is 5.69 Å². The third-order valence-corrected chi connectivity index (χ3v) is 1.28. The quantitative estimate of drug-likeness (QED) is 0.366. The standard InChI is InChI=1S/C7H3F3N3/c8-7(9,10)5-3-1-2-4-6(5)12-13-11/h1-3H. The van der Waals surface area contributed by atoms with E-state index < -0.39 is 17.4 Å². The van der Waals surface area contributed by atoms with Crippen molar-refractivity contribution in [3.05, 3.63) is 40.3 Å². The molecule has 0 atom stereocenters. The average molecular weight is 186 g/mol. The van der Waals surface area contributed by atoms with Crippen molar-refractivity contribution in [2.75, 3.05) is 0 Å². The molecule has 0 unspecified atom stereocenters. The number of rotatable bonds is 1. The number of hydrogen-bond acceptors (Lipinski definition) is 1. The van der Waals surface area contributed by atoms with Crippen LogP contribution in [0.5, 0.6) is 0 Å². The second kappa shape index (κ2) is 3.37. The average Bonchev–Trinajstić information content (AvgIpc) is 2.04. The summed E-state index contributed by atoms with van der Waals surface area (Å²) in [7, 11) is 0. The maximum Gasteiger partial charge on any atom is 0.416 e. The van der Waals surface area contributed by atoms with E-state index in [-0.39, 0.29) is 0 Å². The molecule has 0 spiro atoms. The zero-order chi connectivity index (χ0) is 9.90. The molecule has 1 radical (unpaired) electrons. The van der Waals surface area contributed by atoms with Gasteiger partial charge in [0.2, 0.25) is 0 Å². The lowest BCUT2D eigenvalue weighted by Gasteiger charge is -2.07. The minimum Gasteiger partial charge on any atom is -0.166 e. The largest absolute Gasteiger partial charge is 0.416 e. The molecular formula is C7H3F3N3. The van der Waals surface area contributed by atoms with E-state index in [4.69, 9.17) is 5.53 Å². The summed E-state index contributed by atoms with van der Waals surface area (Å²) in [6.07, 6.45) is -4.51. The van der Waals surface area contributed by atoms with E-state index in [1.54, 1.807) is 0 Å². The Morgan fingerprint density at radius 3 is 2.69 bits per heavy atom. The van der Waals surface area contributed by atoms with Gasteiger partial charge in [0.25, 0.3) is 0 Å². The molecule has 0 heterocycles. The van der Waals surface area contributed by atoms with Crippen molar-refractivity contribution in [3.8, 4) is 0 Å². The zero-order valence-electron chi connectivity index (χ0n) is 6.21. The molecule has 0 fully saturated rings. The van der Waals surface area contributed by atoms with E-state index in [0.29, 0.717) is 0 Å². The molecule has 0 saturated heterocycles. The molecule has 67 valence electrons. The fraction of sp³-hybridized carbons (Fsp3) is 0.143. The summed E-state index contributed by atoms with van der Waals surface area (Å²) < 4.78 is 36.5. The lowest BCUT2D eigenvalue weighted by molar-refractivity contribution is -0.137.